The van der Waals surface area contributed by atoms with Crippen LogP contribution in [0.2, 0.25) is 0 Å². The van der Waals surface area contributed by atoms with Crippen LogP contribution in [0.1, 0.15) is 39.1 Å². The van der Waals surface area contributed by atoms with E-state index in [-0.39, 0.29) is 5.91 Å². The van der Waals surface area contributed by atoms with Crippen molar-refractivity contribution in [2.24, 2.45) is 12.1 Å². The number of hydrazone groups is 1. The number of rotatable bonds is 6. The Bertz CT molecular complexity index is 1340. The van der Waals surface area contributed by atoms with Gasteiger partial charge in [-0.1, -0.05) is 47.6 Å². The summed E-state index contributed by atoms with van der Waals surface area (Å²) < 4.78 is 6.75. The van der Waals surface area contributed by atoms with Gasteiger partial charge in [-0.15, -0.1) is 0 Å². The molecule has 2 N–H and O–H groups in total. The first-order valence-electron chi connectivity index (χ1n) is 10.2. The van der Waals surface area contributed by atoms with Crippen molar-refractivity contribution in [2.45, 2.75) is 13.8 Å². The molecule has 9 heteroatoms. The third kappa shape index (κ3) is 4.72. The summed E-state index contributed by atoms with van der Waals surface area (Å²) >= 11 is 0. The summed E-state index contributed by atoms with van der Waals surface area (Å²) in [4.78, 5) is 25.3. The molecule has 0 atom stereocenters. The van der Waals surface area contributed by atoms with Crippen LogP contribution in [0.3, 0.4) is 0 Å². The topological polar surface area (TPSA) is 114 Å². The second-order valence-corrected chi connectivity index (χ2v) is 7.34. The monoisotopic (exact) mass is 442 g/mol. The van der Waals surface area contributed by atoms with Crippen LogP contribution in [-0.2, 0) is 7.05 Å². The van der Waals surface area contributed by atoms with Crippen molar-refractivity contribution in [3.63, 3.8) is 0 Å². The molecule has 0 unspecified atom stereocenters. The summed E-state index contributed by atoms with van der Waals surface area (Å²) in [7, 11) is 1.70. The molecule has 0 aliphatic rings. The Labute approximate surface area is 190 Å². The number of benzene rings is 2. The van der Waals surface area contributed by atoms with Gasteiger partial charge in [-0.3, -0.25) is 14.3 Å². The van der Waals surface area contributed by atoms with Crippen LogP contribution >= 0.6 is 0 Å². The van der Waals surface area contributed by atoms with Crippen LogP contribution in [0.4, 0.5) is 5.69 Å². The minimum Gasteiger partial charge on any atom is -0.360 e. The number of amides is 2. The minimum absolute atomic E-state index is 0.272. The van der Waals surface area contributed by atoms with Crippen LogP contribution in [0, 0.1) is 6.92 Å². The Kier molecular flexibility index (Phi) is 6.12. The van der Waals surface area contributed by atoms with E-state index in [1.54, 1.807) is 51.4 Å². The average Bonchev–Trinajstić information content (AvgIpc) is 3.43. The van der Waals surface area contributed by atoms with Crippen molar-refractivity contribution in [3.8, 4) is 11.3 Å². The van der Waals surface area contributed by atoms with Crippen molar-refractivity contribution in [1.82, 2.24) is 20.4 Å². The van der Waals surface area contributed by atoms with Crippen molar-refractivity contribution in [3.05, 3.63) is 89.4 Å². The van der Waals surface area contributed by atoms with E-state index >= 15 is 0 Å². The number of anilines is 1. The molecule has 0 radical (unpaired) electrons. The molecular weight excluding hydrogens is 420 g/mol. The number of hydrogen-bond donors (Lipinski definition) is 2. The lowest BCUT2D eigenvalue weighted by molar-refractivity contribution is 0.0952. The highest BCUT2D eigenvalue weighted by Crippen LogP contribution is 2.25. The second-order valence-electron chi connectivity index (χ2n) is 7.34. The van der Waals surface area contributed by atoms with Gasteiger partial charge in [0.25, 0.3) is 11.8 Å². The molecule has 2 amide bonds. The normalized spacial score (nSPS) is 11.3. The zero-order chi connectivity index (χ0) is 23.4. The Morgan fingerprint density at radius 1 is 1.03 bits per heavy atom. The number of aromatic nitrogens is 3. The maximum Gasteiger partial charge on any atom is 0.277 e. The molecule has 4 rings (SSSR count). The first kappa shape index (κ1) is 21.7. The average molecular weight is 442 g/mol. The molecule has 4 aromatic rings. The van der Waals surface area contributed by atoms with Gasteiger partial charge in [0.1, 0.15) is 22.7 Å². The highest BCUT2D eigenvalue weighted by molar-refractivity contribution is 6.05. The van der Waals surface area contributed by atoms with Crippen LogP contribution < -0.4 is 10.7 Å². The van der Waals surface area contributed by atoms with Gasteiger partial charge < -0.3 is 9.84 Å². The molecule has 0 aliphatic carbocycles. The van der Waals surface area contributed by atoms with E-state index in [2.05, 4.69) is 26.1 Å². The molecule has 2 aromatic heterocycles. The third-order valence-electron chi connectivity index (χ3n) is 5.05. The molecule has 0 saturated carbocycles. The summed E-state index contributed by atoms with van der Waals surface area (Å²) in [6.45, 7) is 3.44. The molecule has 2 heterocycles. The van der Waals surface area contributed by atoms with Crippen LogP contribution in [0.5, 0.6) is 0 Å². The molecule has 2 aromatic carbocycles. The summed E-state index contributed by atoms with van der Waals surface area (Å²) in [5.74, 6) is -0.293. The molecule has 33 heavy (non-hydrogen) atoms. The van der Waals surface area contributed by atoms with E-state index in [0.29, 0.717) is 34.1 Å². The maximum absolute atomic E-state index is 12.8. The van der Waals surface area contributed by atoms with Gasteiger partial charge in [0.2, 0.25) is 0 Å². The van der Waals surface area contributed by atoms with E-state index in [0.717, 1.165) is 11.1 Å². The van der Waals surface area contributed by atoms with Gasteiger partial charge in [0.15, 0.2) is 0 Å². The SMILES string of the molecule is C/C(=N/NC(=O)c1c(-c2ccccc2)noc1C)c1cccc(NC(=O)c2ccnn2C)c1. The lowest BCUT2D eigenvalue weighted by atomic mass is 10.1. The summed E-state index contributed by atoms with van der Waals surface area (Å²) in [5, 5.41) is 15.1. The van der Waals surface area contributed by atoms with E-state index in [4.69, 9.17) is 4.52 Å². The van der Waals surface area contributed by atoms with Crippen LogP contribution in [0.25, 0.3) is 11.3 Å². The largest absolute Gasteiger partial charge is 0.360 e. The molecule has 166 valence electrons. The molecule has 0 spiro atoms. The Morgan fingerprint density at radius 3 is 2.55 bits per heavy atom. The number of nitrogens with zero attached hydrogens (tertiary/aromatic N) is 4. The number of carbonyl (C=O) groups is 2. The van der Waals surface area contributed by atoms with Gasteiger partial charge >= 0.3 is 0 Å². The molecule has 0 bridgehead atoms. The van der Waals surface area contributed by atoms with E-state index in [9.17, 15) is 9.59 Å². The highest BCUT2D eigenvalue weighted by atomic mass is 16.5. The molecule has 0 fully saturated rings. The zero-order valence-corrected chi connectivity index (χ0v) is 18.4. The first-order chi connectivity index (χ1) is 15.9. The molecule has 0 saturated heterocycles. The van der Waals surface area contributed by atoms with Crippen molar-refractivity contribution >= 4 is 23.2 Å². The fourth-order valence-corrected chi connectivity index (χ4v) is 3.30. The standard InChI is InChI=1S/C24H22N6O3/c1-15(18-10-7-11-19(14-18)26-23(31)20-12-13-25-30(20)3)27-28-24(32)21-16(2)33-29-22(21)17-8-5-4-6-9-17/h4-14H,1-3H3,(H,26,31)(H,28,32)/b27-15-. The van der Waals surface area contributed by atoms with Crippen molar-refractivity contribution < 1.29 is 14.1 Å². The van der Waals surface area contributed by atoms with Gasteiger partial charge in [0.05, 0.1) is 5.71 Å². The summed E-state index contributed by atoms with van der Waals surface area (Å²) in [6, 6.07) is 18.1. The number of hydrogen-bond acceptors (Lipinski definition) is 6. The quantitative estimate of drug-likeness (QED) is 0.348. The van der Waals surface area contributed by atoms with Crippen LogP contribution in [0.15, 0.2) is 76.5 Å². The highest BCUT2D eigenvalue weighted by Gasteiger charge is 2.21. The Morgan fingerprint density at radius 2 is 1.82 bits per heavy atom. The van der Waals surface area contributed by atoms with Crippen LogP contribution in [-0.4, -0.2) is 32.5 Å². The summed E-state index contributed by atoms with van der Waals surface area (Å²) in [5.41, 5.74) is 6.48. The number of carbonyl (C=O) groups excluding carboxylic acids is 2. The molecule has 0 aliphatic heterocycles. The summed E-state index contributed by atoms with van der Waals surface area (Å²) in [6.07, 6.45) is 1.56. The van der Waals surface area contributed by atoms with E-state index in [1.165, 1.54) is 4.68 Å². The van der Waals surface area contributed by atoms with Gasteiger partial charge in [-0.25, -0.2) is 5.43 Å². The maximum atomic E-state index is 12.8. The van der Waals surface area contributed by atoms with Gasteiger partial charge in [0, 0.05) is 24.5 Å². The number of nitrogens with one attached hydrogen (secondary N) is 2. The lowest BCUT2D eigenvalue weighted by Crippen LogP contribution is -2.20. The Balaban J connectivity index is 1.50. The third-order valence-corrected chi connectivity index (χ3v) is 5.05. The Hall–Kier alpha value is -4.53. The van der Waals surface area contributed by atoms with E-state index < -0.39 is 5.91 Å². The molecule has 9 nitrogen and oxygen atoms in total. The second kappa shape index (κ2) is 9.31. The first-order valence-corrected chi connectivity index (χ1v) is 10.2. The smallest absolute Gasteiger partial charge is 0.277 e. The van der Waals surface area contributed by atoms with Gasteiger partial charge in [-0.05, 0) is 37.6 Å². The fourth-order valence-electron chi connectivity index (χ4n) is 3.30. The lowest BCUT2D eigenvalue weighted by Gasteiger charge is -2.08. The van der Waals surface area contributed by atoms with Gasteiger partial charge in [-0.2, -0.15) is 10.2 Å². The predicted molar refractivity (Wildman–Crippen MR) is 124 cm³/mol. The number of aryl methyl sites for hydroxylation is 2. The fraction of sp³-hybridized carbons (Fsp3) is 0.125. The predicted octanol–water partition coefficient (Wildman–Crippen LogP) is 3.79. The molecular formula is C24H22N6O3. The zero-order valence-electron chi connectivity index (χ0n) is 18.4. The van der Waals surface area contributed by atoms with Crippen molar-refractivity contribution in [1.29, 1.82) is 0 Å². The minimum atomic E-state index is -0.424. The van der Waals surface area contributed by atoms with Crippen molar-refractivity contribution in [2.75, 3.05) is 5.32 Å². The van der Waals surface area contributed by atoms with E-state index in [1.807, 2.05) is 36.4 Å².